The Morgan fingerprint density at radius 3 is 2.35 bits per heavy atom. The van der Waals surface area contributed by atoms with Gasteiger partial charge in [0.25, 0.3) is 0 Å². The zero-order valence-electron chi connectivity index (χ0n) is 9.67. The maximum absolute atomic E-state index is 11.8. The molecule has 5 nitrogen and oxygen atoms in total. The number of hydrogen-bond acceptors (Lipinski definition) is 3. The van der Waals surface area contributed by atoms with Gasteiger partial charge in [0.1, 0.15) is 0 Å². The zero-order chi connectivity index (χ0) is 13.1. The van der Waals surface area contributed by atoms with E-state index in [0.29, 0.717) is 0 Å². The Balaban J connectivity index is 2.82. The van der Waals surface area contributed by atoms with E-state index < -0.39 is 22.0 Å². The lowest BCUT2D eigenvalue weighted by Gasteiger charge is -2.12. The minimum atomic E-state index is -3.64. The summed E-state index contributed by atoms with van der Waals surface area (Å²) in [6.07, 6.45) is -0.245. The monoisotopic (exact) mass is 257 g/mol. The number of aryl methyl sites for hydroxylation is 1. The highest BCUT2D eigenvalue weighted by Crippen LogP contribution is 2.10. The Hall–Kier alpha value is -1.40. The molecule has 0 heterocycles. The van der Waals surface area contributed by atoms with Crippen LogP contribution in [0.2, 0.25) is 0 Å². The molecule has 0 unspecified atom stereocenters. The van der Waals surface area contributed by atoms with Gasteiger partial charge in [-0.25, -0.2) is 13.1 Å². The van der Waals surface area contributed by atoms with Crippen molar-refractivity contribution >= 4 is 16.0 Å². The number of aliphatic carboxylic acids is 1. The average Bonchev–Trinajstić information content (AvgIpc) is 2.15. The number of carboxylic acids is 1. The fraction of sp³-hybridized carbons (Fsp3) is 0.364. The van der Waals surface area contributed by atoms with Crippen molar-refractivity contribution < 1.29 is 18.3 Å². The fourth-order valence-electron chi connectivity index (χ4n) is 1.35. The second-order valence-corrected chi connectivity index (χ2v) is 5.65. The molecule has 0 amide bonds. The van der Waals surface area contributed by atoms with E-state index in [-0.39, 0.29) is 11.3 Å². The molecule has 0 saturated heterocycles. The van der Waals surface area contributed by atoms with Gasteiger partial charge < -0.3 is 5.11 Å². The second kappa shape index (κ2) is 5.29. The van der Waals surface area contributed by atoms with E-state index in [2.05, 4.69) is 4.72 Å². The first-order valence-electron chi connectivity index (χ1n) is 5.12. The van der Waals surface area contributed by atoms with Crippen molar-refractivity contribution in [2.24, 2.45) is 0 Å². The van der Waals surface area contributed by atoms with E-state index in [4.69, 9.17) is 5.11 Å². The van der Waals surface area contributed by atoms with Crippen LogP contribution in [-0.4, -0.2) is 25.5 Å². The SMILES string of the molecule is Cc1ccc(S(=O)(=O)N[C@H](C)CC(=O)O)cc1. The van der Waals surface area contributed by atoms with Crippen LogP contribution in [0.5, 0.6) is 0 Å². The molecule has 1 atom stereocenters. The van der Waals surface area contributed by atoms with Crippen LogP contribution in [0.4, 0.5) is 0 Å². The standard InChI is InChI=1S/C11H15NO4S/c1-8-3-5-10(6-4-8)17(15,16)12-9(2)7-11(13)14/h3-6,9,12H,7H2,1-2H3,(H,13,14)/t9-/m1/s1. The molecule has 0 aliphatic rings. The van der Waals surface area contributed by atoms with Crippen molar-refractivity contribution in [3.8, 4) is 0 Å². The van der Waals surface area contributed by atoms with Gasteiger partial charge in [-0.15, -0.1) is 0 Å². The van der Waals surface area contributed by atoms with Crippen molar-refractivity contribution in [1.29, 1.82) is 0 Å². The van der Waals surface area contributed by atoms with E-state index in [1.807, 2.05) is 6.92 Å². The molecule has 0 aliphatic carbocycles. The highest BCUT2D eigenvalue weighted by Gasteiger charge is 2.18. The first kappa shape index (κ1) is 13.7. The molecular formula is C11H15NO4S. The van der Waals surface area contributed by atoms with Crippen molar-refractivity contribution in [2.45, 2.75) is 31.2 Å². The summed E-state index contributed by atoms with van der Waals surface area (Å²) in [5, 5.41) is 8.55. The third-order valence-corrected chi connectivity index (χ3v) is 3.77. The highest BCUT2D eigenvalue weighted by molar-refractivity contribution is 7.89. The molecule has 1 rings (SSSR count). The lowest BCUT2D eigenvalue weighted by molar-refractivity contribution is -0.137. The summed E-state index contributed by atoms with van der Waals surface area (Å²) in [5.74, 6) is -1.04. The summed E-state index contributed by atoms with van der Waals surface area (Å²) in [5.41, 5.74) is 0.961. The maximum Gasteiger partial charge on any atom is 0.304 e. The van der Waals surface area contributed by atoms with Gasteiger partial charge in [0.15, 0.2) is 0 Å². The Morgan fingerprint density at radius 2 is 1.88 bits per heavy atom. The molecule has 1 aromatic carbocycles. The minimum Gasteiger partial charge on any atom is -0.481 e. The van der Waals surface area contributed by atoms with E-state index in [9.17, 15) is 13.2 Å². The average molecular weight is 257 g/mol. The predicted octanol–water partition coefficient (Wildman–Crippen LogP) is 1.14. The minimum absolute atomic E-state index is 0.139. The number of carboxylic acid groups (broad SMARTS) is 1. The van der Waals surface area contributed by atoms with Gasteiger partial charge in [-0.3, -0.25) is 4.79 Å². The lowest BCUT2D eigenvalue weighted by Crippen LogP contribution is -2.34. The number of carbonyl (C=O) groups is 1. The van der Waals surface area contributed by atoms with Gasteiger partial charge in [0.2, 0.25) is 10.0 Å². The summed E-state index contributed by atoms with van der Waals surface area (Å²) in [6.45, 7) is 3.37. The van der Waals surface area contributed by atoms with Crippen LogP contribution in [0.15, 0.2) is 29.2 Å². The molecule has 1 aromatic rings. The molecule has 94 valence electrons. The second-order valence-electron chi connectivity index (χ2n) is 3.93. The molecule has 0 aromatic heterocycles. The number of sulfonamides is 1. The van der Waals surface area contributed by atoms with Crippen LogP contribution in [0, 0.1) is 6.92 Å². The Labute approximate surface area is 101 Å². The highest BCUT2D eigenvalue weighted by atomic mass is 32.2. The molecule has 17 heavy (non-hydrogen) atoms. The van der Waals surface area contributed by atoms with Gasteiger partial charge in [0, 0.05) is 6.04 Å². The Bertz CT molecular complexity index is 493. The first-order chi connectivity index (χ1) is 7.81. The lowest BCUT2D eigenvalue weighted by atomic mass is 10.2. The Morgan fingerprint density at radius 1 is 1.35 bits per heavy atom. The molecule has 0 aliphatic heterocycles. The third kappa shape index (κ3) is 4.16. The van der Waals surface area contributed by atoms with Crippen molar-refractivity contribution in [1.82, 2.24) is 4.72 Å². The summed E-state index contributed by atoms with van der Waals surface area (Å²) >= 11 is 0. The number of nitrogens with one attached hydrogen (secondary N) is 1. The topological polar surface area (TPSA) is 83.5 Å². The van der Waals surface area contributed by atoms with Crippen LogP contribution in [-0.2, 0) is 14.8 Å². The van der Waals surface area contributed by atoms with Gasteiger partial charge in [0.05, 0.1) is 11.3 Å². The van der Waals surface area contributed by atoms with Crippen molar-refractivity contribution in [2.75, 3.05) is 0 Å². The smallest absolute Gasteiger partial charge is 0.304 e. The molecule has 0 spiro atoms. The summed E-state index contributed by atoms with van der Waals surface area (Å²) in [7, 11) is -3.64. The number of benzene rings is 1. The molecule has 0 radical (unpaired) electrons. The normalized spacial score (nSPS) is 13.3. The van der Waals surface area contributed by atoms with Crippen LogP contribution in [0.25, 0.3) is 0 Å². The van der Waals surface area contributed by atoms with E-state index in [1.54, 1.807) is 12.1 Å². The molecule has 0 bridgehead atoms. The van der Waals surface area contributed by atoms with E-state index >= 15 is 0 Å². The van der Waals surface area contributed by atoms with Crippen LogP contribution in [0.1, 0.15) is 18.9 Å². The van der Waals surface area contributed by atoms with Crippen LogP contribution >= 0.6 is 0 Å². The molecular weight excluding hydrogens is 242 g/mol. The Kier molecular flexibility index (Phi) is 4.25. The molecule has 2 N–H and O–H groups in total. The number of hydrogen-bond donors (Lipinski definition) is 2. The molecule has 6 heteroatoms. The van der Waals surface area contributed by atoms with Crippen molar-refractivity contribution in [3.63, 3.8) is 0 Å². The molecule has 0 saturated carbocycles. The quantitative estimate of drug-likeness (QED) is 0.828. The third-order valence-electron chi connectivity index (χ3n) is 2.17. The summed E-state index contributed by atoms with van der Waals surface area (Å²) in [6, 6.07) is 5.72. The van der Waals surface area contributed by atoms with Crippen LogP contribution in [0.3, 0.4) is 0 Å². The van der Waals surface area contributed by atoms with Gasteiger partial charge >= 0.3 is 5.97 Å². The van der Waals surface area contributed by atoms with Gasteiger partial charge in [-0.1, -0.05) is 17.7 Å². The fourth-order valence-corrected chi connectivity index (χ4v) is 2.60. The van der Waals surface area contributed by atoms with Crippen LogP contribution < -0.4 is 4.72 Å². The van der Waals surface area contributed by atoms with Gasteiger partial charge in [-0.2, -0.15) is 0 Å². The van der Waals surface area contributed by atoms with Crippen molar-refractivity contribution in [3.05, 3.63) is 29.8 Å². The zero-order valence-corrected chi connectivity index (χ0v) is 10.5. The maximum atomic E-state index is 11.8. The first-order valence-corrected chi connectivity index (χ1v) is 6.60. The van der Waals surface area contributed by atoms with Gasteiger partial charge in [-0.05, 0) is 26.0 Å². The summed E-state index contributed by atoms with van der Waals surface area (Å²) in [4.78, 5) is 10.6. The predicted molar refractivity (Wildman–Crippen MR) is 63.2 cm³/mol. The summed E-state index contributed by atoms with van der Waals surface area (Å²) < 4.78 is 26.0. The molecule has 0 fully saturated rings. The van der Waals surface area contributed by atoms with E-state index in [1.165, 1.54) is 19.1 Å². The largest absolute Gasteiger partial charge is 0.481 e. The number of rotatable bonds is 5. The van der Waals surface area contributed by atoms with E-state index in [0.717, 1.165) is 5.56 Å².